The van der Waals surface area contributed by atoms with Gasteiger partial charge < -0.3 is 14.1 Å². The fourth-order valence-electron chi connectivity index (χ4n) is 3.10. The van der Waals surface area contributed by atoms with Crippen LogP contribution in [0, 0.1) is 13.8 Å². The largest absolute Gasteiger partial charge is 0.492 e. The Labute approximate surface area is 189 Å². The molecule has 0 saturated heterocycles. The molecule has 160 valence electrons. The minimum absolute atomic E-state index is 0.159. The summed E-state index contributed by atoms with van der Waals surface area (Å²) >= 11 is 3.11. The Morgan fingerprint density at radius 1 is 1.13 bits per heavy atom. The van der Waals surface area contributed by atoms with Crippen LogP contribution in [0.25, 0.3) is 11.0 Å². The highest BCUT2D eigenvalue weighted by Gasteiger charge is 2.23. The van der Waals surface area contributed by atoms with Crippen LogP contribution in [0.2, 0.25) is 0 Å². The number of benzene rings is 2. The molecule has 0 bridgehead atoms. The van der Waals surface area contributed by atoms with Gasteiger partial charge in [0.1, 0.15) is 22.9 Å². The molecule has 0 aliphatic rings. The number of thioether (sulfide) groups is 1. The molecule has 0 saturated carbocycles. The van der Waals surface area contributed by atoms with E-state index >= 15 is 0 Å². The third kappa shape index (κ3) is 5.08. The summed E-state index contributed by atoms with van der Waals surface area (Å²) in [7, 11) is 1.76. The Balaban J connectivity index is 1.47. The van der Waals surface area contributed by atoms with Gasteiger partial charge in [-0.05, 0) is 32.0 Å². The van der Waals surface area contributed by atoms with Gasteiger partial charge in [0.15, 0.2) is 10.1 Å². The Morgan fingerprint density at radius 3 is 2.65 bits per heavy atom. The minimum atomic E-state index is -0.159. The number of ether oxygens (including phenoxy) is 1. The van der Waals surface area contributed by atoms with E-state index in [1.54, 1.807) is 35.0 Å². The number of hydrogen-bond acceptors (Lipinski definition) is 7. The van der Waals surface area contributed by atoms with Crippen LogP contribution in [0.3, 0.4) is 0 Å². The molecule has 2 aromatic carbocycles. The van der Waals surface area contributed by atoms with Gasteiger partial charge in [-0.1, -0.05) is 59.0 Å². The van der Waals surface area contributed by atoms with E-state index in [0.717, 1.165) is 26.0 Å². The number of aromatic nitrogens is 2. The van der Waals surface area contributed by atoms with E-state index in [2.05, 4.69) is 10.2 Å². The van der Waals surface area contributed by atoms with Crippen LogP contribution in [-0.4, -0.2) is 41.2 Å². The number of amides is 1. The van der Waals surface area contributed by atoms with Crippen LogP contribution in [0.4, 0.5) is 0 Å². The van der Waals surface area contributed by atoms with Crippen molar-refractivity contribution >= 4 is 40.0 Å². The highest BCUT2D eigenvalue weighted by atomic mass is 32.2. The summed E-state index contributed by atoms with van der Waals surface area (Å²) in [4.78, 5) is 14.8. The van der Waals surface area contributed by atoms with Gasteiger partial charge in [0, 0.05) is 23.8 Å². The summed E-state index contributed by atoms with van der Waals surface area (Å²) in [6, 6.07) is 15.6. The number of carbonyl (C=O) groups excluding carboxylic acids is 1. The lowest BCUT2D eigenvalue weighted by Gasteiger charge is -2.17. The molecule has 0 unspecified atom stereocenters. The number of aryl methyl sites for hydroxylation is 2. The van der Waals surface area contributed by atoms with Gasteiger partial charge in [-0.2, -0.15) is 0 Å². The lowest BCUT2D eigenvalue weighted by atomic mass is 10.1. The van der Waals surface area contributed by atoms with E-state index in [1.165, 1.54) is 5.56 Å². The smallest absolute Gasteiger partial charge is 0.289 e. The predicted molar refractivity (Wildman–Crippen MR) is 124 cm³/mol. The first-order chi connectivity index (χ1) is 15.0. The molecule has 2 aromatic heterocycles. The van der Waals surface area contributed by atoms with Gasteiger partial charge in [-0.3, -0.25) is 4.79 Å². The summed E-state index contributed by atoms with van der Waals surface area (Å²) in [5.74, 6) is 1.58. The molecule has 4 aromatic rings. The van der Waals surface area contributed by atoms with Crippen LogP contribution in [-0.2, 0) is 5.75 Å². The van der Waals surface area contributed by atoms with E-state index in [1.807, 2.05) is 62.4 Å². The third-order valence-electron chi connectivity index (χ3n) is 4.80. The molecule has 8 heteroatoms. The van der Waals surface area contributed by atoms with Gasteiger partial charge >= 0.3 is 0 Å². The molecule has 31 heavy (non-hydrogen) atoms. The number of rotatable bonds is 8. The van der Waals surface area contributed by atoms with Crippen molar-refractivity contribution in [3.8, 4) is 5.75 Å². The molecule has 2 heterocycles. The summed E-state index contributed by atoms with van der Waals surface area (Å²) in [6.07, 6.45) is 0. The first-order valence-corrected chi connectivity index (χ1v) is 11.7. The van der Waals surface area contributed by atoms with Crippen molar-refractivity contribution in [3.05, 3.63) is 70.4 Å². The van der Waals surface area contributed by atoms with Crippen LogP contribution in [0.5, 0.6) is 5.75 Å². The van der Waals surface area contributed by atoms with Crippen molar-refractivity contribution in [2.75, 3.05) is 20.2 Å². The number of carbonyl (C=O) groups is 1. The molecule has 0 radical (unpaired) electrons. The Hall–Kier alpha value is -2.84. The molecule has 0 spiro atoms. The van der Waals surface area contributed by atoms with E-state index in [9.17, 15) is 4.79 Å². The standard InChI is InChI=1S/C23H23N3O3S2/c1-15-8-10-17(11-9-15)28-13-12-26(3)22(27)21-19(14-30-23-25-24-16(2)31-23)18-6-4-5-7-20(18)29-21/h4-11H,12-14H2,1-3H3. The molecule has 4 rings (SSSR count). The zero-order valence-corrected chi connectivity index (χ0v) is 19.3. The van der Waals surface area contributed by atoms with Gasteiger partial charge in [0.2, 0.25) is 0 Å². The maximum Gasteiger partial charge on any atom is 0.289 e. The molecule has 1 amide bonds. The predicted octanol–water partition coefficient (Wildman–Crippen LogP) is 5.34. The molecule has 0 fully saturated rings. The van der Waals surface area contributed by atoms with Crippen molar-refractivity contribution in [2.45, 2.75) is 23.9 Å². The van der Waals surface area contributed by atoms with Crippen molar-refractivity contribution in [2.24, 2.45) is 0 Å². The fourth-order valence-corrected chi connectivity index (χ4v) is 4.94. The maximum atomic E-state index is 13.2. The van der Waals surface area contributed by atoms with Crippen molar-refractivity contribution in [3.63, 3.8) is 0 Å². The number of furan rings is 1. The SMILES string of the molecule is Cc1ccc(OCCN(C)C(=O)c2oc3ccccc3c2CSc2nnc(C)s2)cc1. The average Bonchev–Trinajstić information content (AvgIpc) is 3.36. The van der Waals surface area contributed by atoms with Gasteiger partial charge in [0.25, 0.3) is 5.91 Å². The second kappa shape index (κ2) is 9.53. The number of fused-ring (bicyclic) bond motifs is 1. The van der Waals surface area contributed by atoms with Gasteiger partial charge in [-0.25, -0.2) is 0 Å². The molecule has 6 nitrogen and oxygen atoms in total. The highest BCUT2D eigenvalue weighted by molar-refractivity contribution is 8.00. The lowest BCUT2D eigenvalue weighted by Crippen LogP contribution is -2.31. The molecule has 0 aliphatic carbocycles. The molecular formula is C23H23N3O3S2. The van der Waals surface area contributed by atoms with E-state index in [4.69, 9.17) is 9.15 Å². The van der Waals surface area contributed by atoms with Crippen LogP contribution in [0.1, 0.15) is 26.7 Å². The topological polar surface area (TPSA) is 68.5 Å². The first-order valence-electron chi connectivity index (χ1n) is 9.89. The lowest BCUT2D eigenvalue weighted by molar-refractivity contribution is 0.0743. The number of likely N-dealkylation sites (N-methyl/N-ethyl adjacent to an activating group) is 1. The molecule has 0 N–H and O–H groups in total. The van der Waals surface area contributed by atoms with Crippen molar-refractivity contribution in [1.82, 2.24) is 15.1 Å². The Kier molecular flexibility index (Phi) is 6.58. The summed E-state index contributed by atoms with van der Waals surface area (Å²) in [6.45, 7) is 4.81. The van der Waals surface area contributed by atoms with Gasteiger partial charge in [-0.15, -0.1) is 10.2 Å². The molecular weight excluding hydrogens is 430 g/mol. The normalized spacial score (nSPS) is 11.1. The van der Waals surface area contributed by atoms with Crippen LogP contribution in [0.15, 0.2) is 57.3 Å². The van der Waals surface area contributed by atoms with Crippen LogP contribution >= 0.6 is 23.1 Å². The number of hydrogen-bond donors (Lipinski definition) is 0. The van der Waals surface area contributed by atoms with Crippen molar-refractivity contribution < 1.29 is 13.9 Å². The number of nitrogens with zero attached hydrogens (tertiary/aromatic N) is 3. The minimum Gasteiger partial charge on any atom is -0.492 e. The van der Waals surface area contributed by atoms with E-state index in [0.29, 0.717) is 30.2 Å². The Bertz CT molecular complexity index is 1180. The van der Waals surface area contributed by atoms with Crippen molar-refractivity contribution in [1.29, 1.82) is 0 Å². The highest BCUT2D eigenvalue weighted by Crippen LogP contribution is 2.33. The monoisotopic (exact) mass is 453 g/mol. The zero-order valence-electron chi connectivity index (χ0n) is 17.6. The molecule has 0 aliphatic heterocycles. The zero-order chi connectivity index (χ0) is 21.8. The summed E-state index contributed by atoms with van der Waals surface area (Å²) in [5.41, 5.74) is 2.77. The third-order valence-corrected chi connectivity index (χ3v) is 6.80. The second-order valence-electron chi connectivity index (χ2n) is 7.17. The summed E-state index contributed by atoms with van der Waals surface area (Å²) < 4.78 is 12.6. The first kappa shape index (κ1) is 21.4. The fraction of sp³-hybridized carbons (Fsp3) is 0.261. The van der Waals surface area contributed by atoms with E-state index in [-0.39, 0.29) is 5.91 Å². The quantitative estimate of drug-likeness (QED) is 0.335. The van der Waals surface area contributed by atoms with Crippen LogP contribution < -0.4 is 4.74 Å². The van der Waals surface area contributed by atoms with E-state index < -0.39 is 0 Å². The maximum absolute atomic E-state index is 13.2. The second-order valence-corrected chi connectivity index (χ2v) is 9.57. The van der Waals surface area contributed by atoms with Gasteiger partial charge in [0.05, 0.1) is 6.54 Å². The Morgan fingerprint density at radius 2 is 1.90 bits per heavy atom. The number of para-hydroxylation sites is 1. The molecule has 0 atom stereocenters. The average molecular weight is 454 g/mol. The summed E-state index contributed by atoms with van der Waals surface area (Å²) in [5, 5.41) is 10.1.